The SMILES string of the molecule is CC(C)(C)OC(=O)NC(Cc1ccc(C#N)cc1)C(N)=O. The average Bonchev–Trinajstić information content (AvgIpc) is 2.36. The van der Waals surface area contributed by atoms with Gasteiger partial charge in [-0.25, -0.2) is 4.79 Å². The quantitative estimate of drug-likeness (QED) is 0.875. The van der Waals surface area contributed by atoms with Crippen molar-refractivity contribution in [2.24, 2.45) is 5.73 Å². The summed E-state index contributed by atoms with van der Waals surface area (Å²) in [5, 5.41) is 11.2. The maximum absolute atomic E-state index is 11.7. The second-order valence-corrected chi connectivity index (χ2v) is 5.61. The summed E-state index contributed by atoms with van der Waals surface area (Å²) in [4.78, 5) is 23.1. The van der Waals surface area contributed by atoms with E-state index in [1.54, 1.807) is 45.0 Å². The maximum Gasteiger partial charge on any atom is 0.408 e. The molecule has 2 amide bonds. The molecule has 0 spiro atoms. The number of benzene rings is 1. The van der Waals surface area contributed by atoms with Gasteiger partial charge in [0.25, 0.3) is 0 Å². The van der Waals surface area contributed by atoms with Gasteiger partial charge in [0.05, 0.1) is 11.6 Å². The highest BCUT2D eigenvalue weighted by molar-refractivity contribution is 5.84. The van der Waals surface area contributed by atoms with Crippen LogP contribution in [0, 0.1) is 11.3 Å². The second-order valence-electron chi connectivity index (χ2n) is 5.61. The topological polar surface area (TPSA) is 105 Å². The van der Waals surface area contributed by atoms with E-state index in [0.717, 1.165) is 5.56 Å². The molecular weight excluding hydrogens is 270 g/mol. The molecule has 1 unspecified atom stereocenters. The first-order valence-electron chi connectivity index (χ1n) is 6.49. The van der Waals surface area contributed by atoms with Crippen LogP contribution in [0.25, 0.3) is 0 Å². The third-order valence-electron chi connectivity index (χ3n) is 2.56. The molecule has 0 aliphatic heterocycles. The fourth-order valence-electron chi connectivity index (χ4n) is 1.62. The summed E-state index contributed by atoms with van der Waals surface area (Å²) >= 11 is 0. The largest absolute Gasteiger partial charge is 0.444 e. The van der Waals surface area contributed by atoms with Crippen molar-refractivity contribution in [1.29, 1.82) is 5.26 Å². The minimum atomic E-state index is -0.868. The van der Waals surface area contributed by atoms with E-state index >= 15 is 0 Å². The molecule has 1 atom stereocenters. The van der Waals surface area contributed by atoms with Gasteiger partial charge in [-0.3, -0.25) is 4.79 Å². The summed E-state index contributed by atoms with van der Waals surface area (Å²) in [6.45, 7) is 5.19. The van der Waals surface area contributed by atoms with Crippen LogP contribution >= 0.6 is 0 Å². The first-order valence-corrected chi connectivity index (χ1v) is 6.49. The maximum atomic E-state index is 11.7. The Labute approximate surface area is 123 Å². The van der Waals surface area contributed by atoms with Crippen LogP contribution in [0.1, 0.15) is 31.9 Å². The van der Waals surface area contributed by atoms with Crippen LogP contribution in [0.3, 0.4) is 0 Å². The van der Waals surface area contributed by atoms with Crippen molar-refractivity contribution < 1.29 is 14.3 Å². The van der Waals surface area contributed by atoms with Crippen LogP contribution < -0.4 is 11.1 Å². The van der Waals surface area contributed by atoms with Crippen LogP contribution in [-0.2, 0) is 16.0 Å². The number of nitrogens with one attached hydrogen (secondary N) is 1. The fourth-order valence-corrected chi connectivity index (χ4v) is 1.62. The second kappa shape index (κ2) is 6.75. The third kappa shape index (κ3) is 5.95. The molecule has 0 heterocycles. The zero-order valence-corrected chi connectivity index (χ0v) is 12.3. The Morgan fingerprint density at radius 1 is 1.33 bits per heavy atom. The molecule has 0 radical (unpaired) electrons. The molecule has 1 aromatic rings. The summed E-state index contributed by atoms with van der Waals surface area (Å²) in [5.74, 6) is -0.648. The molecule has 3 N–H and O–H groups in total. The number of carbonyl (C=O) groups is 2. The summed E-state index contributed by atoms with van der Waals surface area (Å²) in [5.41, 5.74) is 5.95. The minimum absolute atomic E-state index is 0.236. The highest BCUT2D eigenvalue weighted by Gasteiger charge is 2.22. The van der Waals surface area contributed by atoms with E-state index in [4.69, 9.17) is 15.7 Å². The number of nitrogens with zero attached hydrogens (tertiary/aromatic N) is 1. The van der Waals surface area contributed by atoms with Crippen LogP contribution in [0.2, 0.25) is 0 Å². The number of rotatable bonds is 4. The Balaban J connectivity index is 2.72. The Kier molecular flexibility index (Phi) is 5.30. The number of ether oxygens (including phenoxy) is 1. The normalized spacial score (nSPS) is 12.1. The number of hydrogen-bond donors (Lipinski definition) is 2. The third-order valence-corrected chi connectivity index (χ3v) is 2.56. The average molecular weight is 289 g/mol. The molecule has 0 aliphatic carbocycles. The van der Waals surface area contributed by atoms with E-state index in [1.807, 2.05) is 6.07 Å². The Morgan fingerprint density at radius 2 is 1.90 bits per heavy atom. The van der Waals surface area contributed by atoms with Crippen molar-refractivity contribution in [3.05, 3.63) is 35.4 Å². The molecule has 0 saturated heterocycles. The van der Waals surface area contributed by atoms with Crippen molar-refractivity contribution in [2.45, 2.75) is 38.8 Å². The lowest BCUT2D eigenvalue weighted by Gasteiger charge is -2.22. The monoisotopic (exact) mass is 289 g/mol. The van der Waals surface area contributed by atoms with Gasteiger partial charge in [0, 0.05) is 6.42 Å². The van der Waals surface area contributed by atoms with Crippen molar-refractivity contribution in [1.82, 2.24) is 5.32 Å². The summed E-state index contributed by atoms with van der Waals surface area (Å²) < 4.78 is 5.09. The smallest absolute Gasteiger partial charge is 0.408 e. The Hall–Kier alpha value is -2.55. The predicted octanol–water partition coefficient (Wildman–Crippen LogP) is 1.48. The Bertz CT molecular complexity index is 553. The number of amides is 2. The van der Waals surface area contributed by atoms with Crippen LogP contribution in [0.15, 0.2) is 24.3 Å². The van der Waals surface area contributed by atoms with Crippen molar-refractivity contribution in [3.8, 4) is 6.07 Å². The highest BCUT2D eigenvalue weighted by atomic mass is 16.6. The van der Waals surface area contributed by atoms with Crippen LogP contribution in [0.5, 0.6) is 0 Å². The molecule has 0 saturated carbocycles. The minimum Gasteiger partial charge on any atom is -0.444 e. The van der Waals surface area contributed by atoms with Gasteiger partial charge in [0.1, 0.15) is 11.6 Å². The van der Waals surface area contributed by atoms with E-state index < -0.39 is 23.6 Å². The van der Waals surface area contributed by atoms with E-state index in [1.165, 1.54) is 0 Å². The van der Waals surface area contributed by atoms with Gasteiger partial charge in [0.2, 0.25) is 5.91 Å². The molecule has 6 nitrogen and oxygen atoms in total. The van der Waals surface area contributed by atoms with Gasteiger partial charge in [0.15, 0.2) is 0 Å². The summed E-state index contributed by atoms with van der Waals surface area (Å²) in [6.07, 6.45) is -0.458. The first-order chi connectivity index (χ1) is 9.71. The van der Waals surface area contributed by atoms with Gasteiger partial charge in [-0.05, 0) is 38.5 Å². The number of primary amides is 1. The number of nitrogens with two attached hydrogens (primary N) is 1. The molecule has 0 fully saturated rings. The zero-order valence-electron chi connectivity index (χ0n) is 12.3. The van der Waals surface area contributed by atoms with Crippen molar-refractivity contribution in [2.75, 3.05) is 0 Å². The molecular formula is C15H19N3O3. The van der Waals surface area contributed by atoms with Gasteiger partial charge in [-0.2, -0.15) is 5.26 Å². The van der Waals surface area contributed by atoms with E-state index in [2.05, 4.69) is 5.32 Å². The van der Waals surface area contributed by atoms with Crippen LogP contribution in [0.4, 0.5) is 4.79 Å². The molecule has 0 aliphatic rings. The predicted molar refractivity (Wildman–Crippen MR) is 77.2 cm³/mol. The number of alkyl carbamates (subject to hydrolysis) is 1. The molecule has 6 heteroatoms. The van der Waals surface area contributed by atoms with Gasteiger partial charge >= 0.3 is 6.09 Å². The number of nitriles is 1. The van der Waals surface area contributed by atoms with Gasteiger partial charge in [-0.15, -0.1) is 0 Å². The molecule has 112 valence electrons. The van der Waals surface area contributed by atoms with Gasteiger partial charge < -0.3 is 15.8 Å². The van der Waals surface area contributed by atoms with Crippen molar-refractivity contribution in [3.63, 3.8) is 0 Å². The lowest BCUT2D eigenvalue weighted by molar-refractivity contribution is -0.120. The zero-order chi connectivity index (χ0) is 16.0. The molecule has 21 heavy (non-hydrogen) atoms. The summed E-state index contributed by atoms with van der Waals surface area (Å²) in [7, 11) is 0. The molecule has 0 bridgehead atoms. The van der Waals surface area contributed by atoms with E-state index in [-0.39, 0.29) is 6.42 Å². The fraction of sp³-hybridized carbons (Fsp3) is 0.400. The first kappa shape index (κ1) is 16.5. The lowest BCUT2D eigenvalue weighted by atomic mass is 10.0. The standard InChI is InChI=1S/C15H19N3O3/c1-15(2,3)21-14(20)18-12(13(17)19)8-10-4-6-11(9-16)7-5-10/h4-7,12H,8H2,1-3H3,(H2,17,19)(H,18,20). The molecule has 0 aromatic heterocycles. The lowest BCUT2D eigenvalue weighted by Crippen LogP contribution is -2.47. The number of hydrogen-bond acceptors (Lipinski definition) is 4. The van der Waals surface area contributed by atoms with Crippen molar-refractivity contribution >= 4 is 12.0 Å². The summed E-state index contributed by atoms with van der Waals surface area (Å²) in [6, 6.07) is 7.85. The molecule has 1 rings (SSSR count). The van der Waals surface area contributed by atoms with E-state index in [9.17, 15) is 9.59 Å². The highest BCUT2D eigenvalue weighted by Crippen LogP contribution is 2.09. The number of carbonyl (C=O) groups excluding carboxylic acids is 2. The van der Waals surface area contributed by atoms with Gasteiger partial charge in [-0.1, -0.05) is 12.1 Å². The molecule has 1 aromatic carbocycles. The Morgan fingerprint density at radius 3 is 2.33 bits per heavy atom. The van der Waals surface area contributed by atoms with E-state index in [0.29, 0.717) is 5.56 Å². The van der Waals surface area contributed by atoms with Crippen LogP contribution in [-0.4, -0.2) is 23.6 Å².